The largest absolute Gasteiger partial charge is 0.457 e. The van der Waals surface area contributed by atoms with Gasteiger partial charge in [0.25, 0.3) is 0 Å². The van der Waals surface area contributed by atoms with E-state index in [1.54, 1.807) is 0 Å². The minimum Gasteiger partial charge on any atom is -0.457 e. The standard InChI is InChI=1S/C28H28O2S/c1-21-5-9-23(10-6-21)29-25-13-17-27(18-14-25)31(3,4)28-19-15-26(16-20-28)30-24-11-7-22(2)8-12-24/h5-20H,1-4H3. The summed E-state index contributed by atoms with van der Waals surface area (Å²) >= 11 is 0. The Morgan fingerprint density at radius 1 is 0.419 bits per heavy atom. The molecule has 0 N–H and O–H groups in total. The summed E-state index contributed by atoms with van der Waals surface area (Å²) in [5.41, 5.74) is 2.45. The average Bonchev–Trinajstić information content (AvgIpc) is 2.78. The van der Waals surface area contributed by atoms with Gasteiger partial charge < -0.3 is 9.47 Å². The molecular formula is C28H28O2S. The molecule has 0 aromatic heterocycles. The van der Waals surface area contributed by atoms with Crippen LogP contribution in [-0.2, 0) is 0 Å². The van der Waals surface area contributed by atoms with Gasteiger partial charge in [-0.2, -0.15) is 10.0 Å². The van der Waals surface area contributed by atoms with E-state index in [-0.39, 0.29) is 0 Å². The normalized spacial score (nSPS) is 11.7. The quantitative estimate of drug-likeness (QED) is 0.307. The van der Waals surface area contributed by atoms with Crippen LogP contribution in [0.2, 0.25) is 0 Å². The summed E-state index contributed by atoms with van der Waals surface area (Å²) in [5.74, 6) is 3.41. The highest BCUT2D eigenvalue weighted by molar-refractivity contribution is 8.32. The van der Waals surface area contributed by atoms with Gasteiger partial charge in [0.1, 0.15) is 23.0 Å². The van der Waals surface area contributed by atoms with Crippen LogP contribution in [0.1, 0.15) is 11.1 Å². The Morgan fingerprint density at radius 2 is 0.677 bits per heavy atom. The summed E-state index contributed by atoms with van der Waals surface area (Å²) in [6.07, 6.45) is 4.64. The van der Waals surface area contributed by atoms with Crippen LogP contribution in [-0.4, -0.2) is 12.5 Å². The lowest BCUT2D eigenvalue weighted by atomic mass is 10.2. The lowest BCUT2D eigenvalue weighted by molar-refractivity contribution is 0.482. The minimum absolute atomic E-state index is 0.852. The molecule has 3 heteroatoms. The van der Waals surface area contributed by atoms with E-state index in [9.17, 15) is 0 Å². The third kappa shape index (κ3) is 5.12. The second-order valence-electron chi connectivity index (χ2n) is 8.10. The first-order valence-electron chi connectivity index (χ1n) is 10.3. The molecule has 0 unspecified atom stereocenters. The van der Waals surface area contributed by atoms with Gasteiger partial charge in [0.05, 0.1) is 0 Å². The number of benzene rings is 4. The fraction of sp³-hybridized carbons (Fsp3) is 0.143. The second-order valence-corrected chi connectivity index (χ2v) is 11.7. The van der Waals surface area contributed by atoms with E-state index in [0.29, 0.717) is 0 Å². The molecule has 2 nitrogen and oxygen atoms in total. The summed E-state index contributed by atoms with van der Waals surface area (Å²) < 4.78 is 12.0. The van der Waals surface area contributed by atoms with Gasteiger partial charge in [-0.15, -0.1) is 0 Å². The molecule has 158 valence electrons. The first kappa shape index (κ1) is 21.1. The van der Waals surface area contributed by atoms with Gasteiger partial charge in [-0.25, -0.2) is 0 Å². The molecule has 4 rings (SSSR count). The highest BCUT2D eigenvalue weighted by Gasteiger charge is 2.18. The third-order valence-corrected chi connectivity index (χ3v) is 8.24. The molecule has 0 spiro atoms. The van der Waals surface area contributed by atoms with Crippen LogP contribution in [0.4, 0.5) is 0 Å². The fourth-order valence-electron chi connectivity index (χ4n) is 3.32. The van der Waals surface area contributed by atoms with Crippen molar-refractivity contribution in [1.82, 2.24) is 0 Å². The minimum atomic E-state index is -1.14. The number of hydrogen-bond acceptors (Lipinski definition) is 2. The Hall–Kier alpha value is -3.17. The van der Waals surface area contributed by atoms with Crippen molar-refractivity contribution in [2.45, 2.75) is 23.6 Å². The third-order valence-electron chi connectivity index (χ3n) is 5.34. The topological polar surface area (TPSA) is 18.5 Å². The van der Waals surface area contributed by atoms with Gasteiger partial charge in [0, 0.05) is 0 Å². The average molecular weight is 429 g/mol. The van der Waals surface area contributed by atoms with Crippen LogP contribution in [0.25, 0.3) is 0 Å². The molecule has 0 aliphatic carbocycles. The van der Waals surface area contributed by atoms with Crippen molar-refractivity contribution in [3.05, 3.63) is 108 Å². The number of rotatable bonds is 6. The molecule has 0 bridgehead atoms. The Labute approximate surface area is 186 Å². The predicted octanol–water partition coefficient (Wildman–Crippen LogP) is 8.37. The first-order chi connectivity index (χ1) is 14.9. The Bertz CT molecular complexity index is 1030. The predicted molar refractivity (Wildman–Crippen MR) is 131 cm³/mol. The summed E-state index contributed by atoms with van der Waals surface area (Å²) in [6.45, 7) is 4.15. The van der Waals surface area contributed by atoms with Gasteiger partial charge >= 0.3 is 0 Å². The van der Waals surface area contributed by atoms with E-state index in [1.165, 1.54) is 20.9 Å². The van der Waals surface area contributed by atoms with Gasteiger partial charge in [-0.3, -0.25) is 0 Å². The molecule has 4 aromatic rings. The summed E-state index contributed by atoms with van der Waals surface area (Å²) in [4.78, 5) is 2.63. The van der Waals surface area contributed by atoms with E-state index >= 15 is 0 Å². The zero-order valence-electron chi connectivity index (χ0n) is 18.5. The van der Waals surface area contributed by atoms with Crippen molar-refractivity contribution in [3.63, 3.8) is 0 Å². The zero-order chi connectivity index (χ0) is 21.8. The highest BCUT2D eigenvalue weighted by Crippen LogP contribution is 2.56. The lowest BCUT2D eigenvalue weighted by Gasteiger charge is -2.32. The molecule has 4 aromatic carbocycles. The van der Waals surface area contributed by atoms with Crippen molar-refractivity contribution in [2.75, 3.05) is 12.5 Å². The van der Waals surface area contributed by atoms with Crippen LogP contribution in [0.15, 0.2) is 107 Å². The SMILES string of the molecule is Cc1ccc(Oc2ccc(S(C)(C)c3ccc(Oc4ccc(C)cc4)cc3)cc2)cc1. The summed E-state index contributed by atoms with van der Waals surface area (Å²) in [6, 6.07) is 33.2. The van der Waals surface area contributed by atoms with E-state index in [2.05, 4.69) is 99.2 Å². The van der Waals surface area contributed by atoms with Crippen molar-refractivity contribution in [2.24, 2.45) is 0 Å². The first-order valence-corrected chi connectivity index (χ1v) is 12.8. The molecule has 0 fully saturated rings. The molecule has 31 heavy (non-hydrogen) atoms. The van der Waals surface area contributed by atoms with Crippen molar-refractivity contribution in [3.8, 4) is 23.0 Å². The van der Waals surface area contributed by atoms with Gasteiger partial charge in [-0.05, 0) is 109 Å². The maximum Gasteiger partial charge on any atom is 0.127 e. The van der Waals surface area contributed by atoms with E-state index < -0.39 is 10.0 Å². The molecule has 0 atom stereocenters. The van der Waals surface area contributed by atoms with E-state index in [0.717, 1.165) is 23.0 Å². The lowest BCUT2D eigenvalue weighted by Crippen LogP contribution is -1.98. The van der Waals surface area contributed by atoms with Gasteiger partial charge in [-0.1, -0.05) is 35.4 Å². The van der Waals surface area contributed by atoms with Crippen molar-refractivity contribution >= 4 is 10.0 Å². The summed E-state index contributed by atoms with van der Waals surface area (Å²) in [7, 11) is -1.14. The van der Waals surface area contributed by atoms with Gasteiger partial charge in [0.15, 0.2) is 0 Å². The Morgan fingerprint density at radius 3 is 0.968 bits per heavy atom. The molecular weight excluding hydrogens is 400 g/mol. The molecule has 0 radical (unpaired) electrons. The maximum absolute atomic E-state index is 5.98. The highest BCUT2D eigenvalue weighted by atomic mass is 32.3. The molecule has 0 saturated heterocycles. The number of ether oxygens (including phenoxy) is 2. The molecule has 0 heterocycles. The van der Waals surface area contributed by atoms with Crippen LogP contribution in [0.5, 0.6) is 23.0 Å². The number of aryl methyl sites for hydroxylation is 2. The fourth-order valence-corrected chi connectivity index (χ4v) is 5.22. The summed E-state index contributed by atoms with van der Waals surface area (Å²) in [5, 5.41) is 0. The second kappa shape index (κ2) is 8.91. The molecule has 0 aliphatic rings. The molecule has 0 saturated carbocycles. The van der Waals surface area contributed by atoms with Crippen LogP contribution >= 0.6 is 10.0 Å². The smallest absolute Gasteiger partial charge is 0.127 e. The van der Waals surface area contributed by atoms with Crippen molar-refractivity contribution in [1.29, 1.82) is 0 Å². The van der Waals surface area contributed by atoms with Crippen LogP contribution in [0.3, 0.4) is 0 Å². The monoisotopic (exact) mass is 428 g/mol. The van der Waals surface area contributed by atoms with Crippen molar-refractivity contribution < 1.29 is 9.47 Å². The number of hydrogen-bond donors (Lipinski definition) is 0. The van der Waals surface area contributed by atoms with E-state index in [4.69, 9.17) is 9.47 Å². The van der Waals surface area contributed by atoms with E-state index in [1.807, 2.05) is 24.3 Å². The zero-order valence-corrected chi connectivity index (χ0v) is 19.3. The molecule has 0 amide bonds. The van der Waals surface area contributed by atoms with Gasteiger partial charge in [0.2, 0.25) is 0 Å². The van der Waals surface area contributed by atoms with Crippen LogP contribution in [0, 0.1) is 13.8 Å². The Kier molecular flexibility index (Phi) is 6.06. The maximum atomic E-state index is 5.98. The molecule has 0 aliphatic heterocycles. The van der Waals surface area contributed by atoms with Crippen LogP contribution < -0.4 is 9.47 Å². The Balaban J connectivity index is 1.46.